The number of amides is 1. The van der Waals surface area contributed by atoms with E-state index in [1.54, 1.807) is 23.3 Å². The van der Waals surface area contributed by atoms with Gasteiger partial charge in [0, 0.05) is 13.1 Å². The molecular weight excluding hydrogens is 330 g/mol. The van der Waals surface area contributed by atoms with Gasteiger partial charge in [-0.05, 0) is 32.3 Å². The number of thiazole rings is 1. The summed E-state index contributed by atoms with van der Waals surface area (Å²) in [7, 11) is 1.66. The lowest BCUT2D eigenvalue weighted by atomic mass is 9.96. The minimum Gasteiger partial charge on any atom is -0.502 e. The molecule has 0 radical (unpaired) electrons. The molecule has 1 aliphatic carbocycles. The van der Waals surface area contributed by atoms with Crippen LogP contribution in [0, 0.1) is 17.0 Å². The summed E-state index contributed by atoms with van der Waals surface area (Å²) >= 11 is 1.58. The summed E-state index contributed by atoms with van der Waals surface area (Å²) in [6.45, 7) is 1.94. The van der Waals surface area contributed by atoms with E-state index in [0.717, 1.165) is 34.8 Å². The van der Waals surface area contributed by atoms with Crippen molar-refractivity contribution in [1.29, 1.82) is 0 Å². The number of aryl methyl sites for hydroxylation is 2. The number of rotatable bonds is 3. The van der Waals surface area contributed by atoms with E-state index in [2.05, 4.69) is 4.98 Å². The largest absolute Gasteiger partial charge is 0.502 e. The lowest BCUT2D eigenvalue weighted by Crippen LogP contribution is -2.32. The van der Waals surface area contributed by atoms with Gasteiger partial charge in [0.15, 0.2) is 0 Å². The predicted octanol–water partition coefficient (Wildman–Crippen LogP) is 3.21. The molecule has 0 saturated carbocycles. The van der Waals surface area contributed by atoms with Crippen LogP contribution in [0.5, 0.6) is 5.75 Å². The Kier molecular flexibility index (Phi) is 4.23. The number of para-hydroxylation sites is 1. The number of carbonyl (C=O) groups is 1. The first-order valence-electron chi connectivity index (χ1n) is 7.60. The molecule has 2 aromatic rings. The standard InChI is InChI=1S/C16H17N3O4S/c1-9-17-11-6-4-8-13(15(11)24-9)18(2)16(21)10-5-3-7-12(14(10)20)19(22)23/h3,5,7,13,20H,4,6,8H2,1-2H3. The Hall–Kier alpha value is -2.48. The molecule has 0 aliphatic heterocycles. The van der Waals surface area contributed by atoms with Gasteiger partial charge in [-0.1, -0.05) is 6.07 Å². The number of aromatic nitrogens is 1. The molecule has 1 N–H and O–H groups in total. The molecule has 0 bridgehead atoms. The van der Waals surface area contributed by atoms with Gasteiger partial charge in [0.2, 0.25) is 5.75 Å². The van der Waals surface area contributed by atoms with Crippen LogP contribution in [-0.4, -0.2) is 32.9 Å². The summed E-state index contributed by atoms with van der Waals surface area (Å²) in [5, 5.41) is 22.0. The number of nitro groups is 1. The maximum Gasteiger partial charge on any atom is 0.311 e. The van der Waals surface area contributed by atoms with Crippen molar-refractivity contribution in [2.45, 2.75) is 32.2 Å². The quantitative estimate of drug-likeness (QED) is 0.679. The molecule has 7 nitrogen and oxygen atoms in total. The van der Waals surface area contributed by atoms with Crippen LogP contribution in [0.2, 0.25) is 0 Å². The van der Waals surface area contributed by atoms with Crippen molar-refractivity contribution in [3.8, 4) is 5.75 Å². The van der Waals surface area contributed by atoms with Crippen molar-refractivity contribution in [2.75, 3.05) is 7.05 Å². The molecule has 1 unspecified atom stereocenters. The smallest absolute Gasteiger partial charge is 0.311 e. The number of fused-ring (bicyclic) bond motifs is 1. The van der Waals surface area contributed by atoms with Gasteiger partial charge < -0.3 is 10.0 Å². The fourth-order valence-corrected chi connectivity index (χ4v) is 4.22. The SMILES string of the molecule is Cc1nc2c(s1)C(N(C)C(=O)c1cccc([N+](=O)[O-])c1O)CCC2. The van der Waals surface area contributed by atoms with Gasteiger partial charge in [-0.3, -0.25) is 14.9 Å². The van der Waals surface area contributed by atoms with Crippen LogP contribution in [0.25, 0.3) is 0 Å². The number of hydrogen-bond donors (Lipinski definition) is 1. The Balaban J connectivity index is 1.94. The fourth-order valence-electron chi connectivity index (χ4n) is 3.07. The number of hydrogen-bond acceptors (Lipinski definition) is 6. The van der Waals surface area contributed by atoms with Crippen LogP contribution < -0.4 is 0 Å². The number of aromatic hydroxyl groups is 1. The minimum atomic E-state index is -0.697. The second-order valence-electron chi connectivity index (χ2n) is 5.80. The maximum atomic E-state index is 12.8. The van der Waals surface area contributed by atoms with Gasteiger partial charge in [0.25, 0.3) is 5.91 Å². The highest BCUT2D eigenvalue weighted by Gasteiger charge is 2.32. The fraction of sp³-hybridized carbons (Fsp3) is 0.375. The highest BCUT2D eigenvalue weighted by atomic mass is 32.1. The zero-order valence-corrected chi connectivity index (χ0v) is 14.2. The number of phenols is 1. The number of phenolic OH excluding ortho intramolecular Hbond substituents is 1. The highest BCUT2D eigenvalue weighted by molar-refractivity contribution is 7.11. The molecule has 0 fully saturated rings. The van der Waals surface area contributed by atoms with Gasteiger partial charge in [0.05, 0.1) is 32.1 Å². The third kappa shape index (κ3) is 2.73. The van der Waals surface area contributed by atoms with Crippen molar-refractivity contribution in [3.63, 3.8) is 0 Å². The highest BCUT2D eigenvalue weighted by Crippen LogP contribution is 2.39. The Morgan fingerprint density at radius 2 is 2.25 bits per heavy atom. The van der Waals surface area contributed by atoms with E-state index in [4.69, 9.17) is 0 Å². The summed E-state index contributed by atoms with van der Waals surface area (Å²) < 4.78 is 0. The van der Waals surface area contributed by atoms with E-state index in [0.29, 0.717) is 0 Å². The summed E-state index contributed by atoms with van der Waals surface area (Å²) in [5.74, 6) is -1.02. The molecule has 1 aliphatic rings. The van der Waals surface area contributed by atoms with Gasteiger partial charge in [-0.25, -0.2) is 4.98 Å². The molecule has 0 saturated heterocycles. The molecule has 3 rings (SSSR count). The first-order chi connectivity index (χ1) is 11.4. The zero-order valence-electron chi connectivity index (χ0n) is 13.4. The van der Waals surface area contributed by atoms with Crippen molar-refractivity contribution in [1.82, 2.24) is 9.88 Å². The lowest BCUT2D eigenvalue weighted by molar-refractivity contribution is -0.385. The van der Waals surface area contributed by atoms with E-state index in [9.17, 15) is 20.0 Å². The van der Waals surface area contributed by atoms with Gasteiger partial charge in [-0.15, -0.1) is 11.3 Å². The Labute approximate surface area is 142 Å². The summed E-state index contributed by atoms with van der Waals surface area (Å²) in [4.78, 5) is 30.2. The zero-order chi connectivity index (χ0) is 17.4. The van der Waals surface area contributed by atoms with Crippen LogP contribution in [0.3, 0.4) is 0 Å². The first kappa shape index (κ1) is 16.4. The van der Waals surface area contributed by atoms with E-state index < -0.39 is 22.3 Å². The van der Waals surface area contributed by atoms with Crippen molar-refractivity contribution in [3.05, 3.63) is 49.5 Å². The van der Waals surface area contributed by atoms with Crippen LogP contribution in [0.1, 0.15) is 44.8 Å². The van der Waals surface area contributed by atoms with Crippen LogP contribution in [0.4, 0.5) is 5.69 Å². The van der Waals surface area contributed by atoms with Crippen LogP contribution in [0.15, 0.2) is 18.2 Å². The lowest BCUT2D eigenvalue weighted by Gasteiger charge is -2.30. The topological polar surface area (TPSA) is 96.6 Å². The average Bonchev–Trinajstić information content (AvgIpc) is 2.93. The molecule has 1 atom stereocenters. The molecule has 126 valence electrons. The summed E-state index contributed by atoms with van der Waals surface area (Å²) in [5.41, 5.74) is 0.504. The summed E-state index contributed by atoms with van der Waals surface area (Å²) in [6.07, 6.45) is 2.65. The van der Waals surface area contributed by atoms with E-state index >= 15 is 0 Å². The Bertz CT molecular complexity index is 818. The van der Waals surface area contributed by atoms with Gasteiger partial charge in [-0.2, -0.15) is 0 Å². The summed E-state index contributed by atoms with van der Waals surface area (Å²) in [6, 6.07) is 3.87. The average molecular weight is 347 g/mol. The molecule has 24 heavy (non-hydrogen) atoms. The third-order valence-electron chi connectivity index (χ3n) is 4.26. The van der Waals surface area contributed by atoms with Gasteiger partial charge >= 0.3 is 5.69 Å². The number of carbonyl (C=O) groups excluding carboxylic acids is 1. The molecule has 8 heteroatoms. The van der Waals surface area contributed by atoms with Crippen molar-refractivity contribution in [2.24, 2.45) is 0 Å². The molecule has 1 aromatic carbocycles. The third-order valence-corrected chi connectivity index (χ3v) is 5.37. The molecule has 0 spiro atoms. The second-order valence-corrected chi connectivity index (χ2v) is 7.03. The van der Waals surface area contributed by atoms with E-state index in [1.807, 2.05) is 6.92 Å². The van der Waals surface area contributed by atoms with E-state index in [1.165, 1.54) is 18.2 Å². The number of nitro benzene ring substituents is 1. The monoisotopic (exact) mass is 347 g/mol. The second kappa shape index (κ2) is 6.20. The molecular formula is C16H17N3O4S. The number of nitrogens with zero attached hydrogens (tertiary/aromatic N) is 3. The molecule has 1 heterocycles. The molecule has 1 aromatic heterocycles. The van der Waals surface area contributed by atoms with Crippen molar-refractivity contribution >= 4 is 22.9 Å². The number of benzene rings is 1. The predicted molar refractivity (Wildman–Crippen MR) is 89.4 cm³/mol. The Morgan fingerprint density at radius 3 is 2.96 bits per heavy atom. The Morgan fingerprint density at radius 1 is 1.50 bits per heavy atom. The van der Waals surface area contributed by atoms with Crippen LogP contribution in [-0.2, 0) is 6.42 Å². The maximum absolute atomic E-state index is 12.8. The minimum absolute atomic E-state index is 0.0555. The van der Waals surface area contributed by atoms with E-state index in [-0.39, 0.29) is 11.6 Å². The normalized spacial score (nSPS) is 16.5. The van der Waals surface area contributed by atoms with Crippen molar-refractivity contribution < 1.29 is 14.8 Å². The van der Waals surface area contributed by atoms with Crippen LogP contribution >= 0.6 is 11.3 Å². The molecule has 1 amide bonds. The first-order valence-corrected chi connectivity index (χ1v) is 8.41. The van der Waals surface area contributed by atoms with Gasteiger partial charge in [0.1, 0.15) is 0 Å².